The van der Waals surface area contributed by atoms with Crippen molar-refractivity contribution in [3.8, 4) is 5.75 Å². The summed E-state index contributed by atoms with van der Waals surface area (Å²) in [7, 11) is 0. The predicted molar refractivity (Wildman–Crippen MR) is 90.5 cm³/mol. The van der Waals surface area contributed by atoms with E-state index in [4.69, 9.17) is 9.47 Å². The fourth-order valence-corrected chi connectivity index (χ4v) is 2.40. The van der Waals surface area contributed by atoms with E-state index < -0.39 is 17.9 Å². The molecule has 0 fully saturated rings. The maximum atomic E-state index is 12.7. The Labute approximate surface area is 140 Å². The van der Waals surface area contributed by atoms with Crippen molar-refractivity contribution in [1.29, 1.82) is 0 Å². The van der Waals surface area contributed by atoms with Gasteiger partial charge in [0.1, 0.15) is 5.75 Å². The van der Waals surface area contributed by atoms with Crippen LogP contribution in [0.1, 0.15) is 24.2 Å². The highest BCUT2D eigenvalue weighted by atomic mass is 16.5. The zero-order valence-electron chi connectivity index (χ0n) is 13.7. The van der Waals surface area contributed by atoms with Crippen LogP contribution in [0.15, 0.2) is 36.4 Å². The third-order valence-corrected chi connectivity index (χ3v) is 3.51. The summed E-state index contributed by atoms with van der Waals surface area (Å²) in [6, 6.07) is 9.86. The molecule has 0 aliphatic carbocycles. The lowest BCUT2D eigenvalue weighted by molar-refractivity contribution is -0.140. The number of nitrogens with one attached hydrogen (secondary N) is 1. The molecule has 128 valence electrons. The first kappa shape index (κ1) is 17.7. The fraction of sp³-hybridized carbons (Fsp3) is 0.333. The predicted octanol–water partition coefficient (Wildman–Crippen LogP) is 2.46. The first-order valence-corrected chi connectivity index (χ1v) is 7.84. The summed E-state index contributed by atoms with van der Waals surface area (Å²) in [6.45, 7) is 4.27. The normalized spacial score (nSPS) is 11.9. The molecule has 6 nitrogen and oxygen atoms in total. The number of hydrogen-bond acceptors (Lipinski definition) is 4. The number of fused-ring (bicyclic) bond motifs is 1. The third-order valence-electron chi connectivity index (χ3n) is 3.51. The standard InChI is InChI=1S/C18H21NO5/c1-3-23-11-14(18(21)22)19-17(20)16-13-8-6-5-7-12(13)9-10-15(16)24-4-2/h5-10,14H,3-4,11H2,1-2H3,(H,19,20)(H,21,22)/t14-/m0/s1. The van der Waals surface area contributed by atoms with Crippen LogP contribution in [0.5, 0.6) is 5.75 Å². The molecule has 0 aromatic heterocycles. The van der Waals surface area contributed by atoms with E-state index in [1.807, 2.05) is 37.3 Å². The van der Waals surface area contributed by atoms with Gasteiger partial charge in [-0.25, -0.2) is 4.79 Å². The van der Waals surface area contributed by atoms with Crippen LogP contribution in [0.3, 0.4) is 0 Å². The molecule has 0 aliphatic rings. The van der Waals surface area contributed by atoms with Gasteiger partial charge in [0.25, 0.3) is 5.91 Å². The average Bonchev–Trinajstić information content (AvgIpc) is 2.58. The van der Waals surface area contributed by atoms with Crippen molar-refractivity contribution >= 4 is 22.6 Å². The van der Waals surface area contributed by atoms with Crippen molar-refractivity contribution in [2.75, 3.05) is 19.8 Å². The van der Waals surface area contributed by atoms with Gasteiger partial charge in [0.2, 0.25) is 0 Å². The second-order valence-electron chi connectivity index (χ2n) is 5.12. The third kappa shape index (κ3) is 4.02. The Hall–Kier alpha value is -2.60. The van der Waals surface area contributed by atoms with Crippen molar-refractivity contribution in [3.05, 3.63) is 42.0 Å². The Bertz CT molecular complexity index is 728. The lowest BCUT2D eigenvalue weighted by Gasteiger charge is -2.17. The van der Waals surface area contributed by atoms with Gasteiger partial charge in [0, 0.05) is 6.61 Å². The minimum absolute atomic E-state index is 0.0910. The average molecular weight is 331 g/mol. The van der Waals surface area contributed by atoms with Crippen molar-refractivity contribution in [3.63, 3.8) is 0 Å². The topological polar surface area (TPSA) is 84.9 Å². The number of benzene rings is 2. The fourth-order valence-electron chi connectivity index (χ4n) is 2.40. The quantitative estimate of drug-likeness (QED) is 0.776. The zero-order valence-corrected chi connectivity index (χ0v) is 13.7. The van der Waals surface area contributed by atoms with Crippen molar-refractivity contribution in [1.82, 2.24) is 5.32 Å². The number of carboxylic acids is 1. The summed E-state index contributed by atoms with van der Waals surface area (Å²) in [5.41, 5.74) is 0.331. The second kappa shape index (κ2) is 8.31. The SMILES string of the molecule is CCOC[C@H](NC(=O)c1c(OCC)ccc2ccccc12)C(=O)O. The number of hydrogen-bond donors (Lipinski definition) is 2. The molecular formula is C18H21NO5. The van der Waals surface area contributed by atoms with Gasteiger partial charge in [0.05, 0.1) is 18.8 Å². The van der Waals surface area contributed by atoms with E-state index in [-0.39, 0.29) is 6.61 Å². The molecule has 2 N–H and O–H groups in total. The summed E-state index contributed by atoms with van der Waals surface area (Å²) >= 11 is 0. The van der Waals surface area contributed by atoms with E-state index in [9.17, 15) is 14.7 Å². The Morgan fingerprint density at radius 1 is 1.12 bits per heavy atom. The number of carbonyl (C=O) groups excluding carboxylic acids is 1. The van der Waals surface area contributed by atoms with Crippen LogP contribution in [0.25, 0.3) is 10.8 Å². The molecule has 0 saturated heterocycles. The van der Waals surface area contributed by atoms with Crippen LogP contribution < -0.4 is 10.1 Å². The molecule has 0 bridgehead atoms. The summed E-state index contributed by atoms with van der Waals surface area (Å²) in [6.07, 6.45) is 0. The minimum atomic E-state index is -1.14. The highest BCUT2D eigenvalue weighted by Gasteiger charge is 2.24. The van der Waals surface area contributed by atoms with E-state index in [2.05, 4.69) is 5.32 Å². The van der Waals surface area contributed by atoms with Crippen molar-refractivity contribution in [2.45, 2.75) is 19.9 Å². The van der Waals surface area contributed by atoms with E-state index in [0.29, 0.717) is 29.9 Å². The molecule has 0 aliphatic heterocycles. The van der Waals surface area contributed by atoms with Crippen LogP contribution in [-0.4, -0.2) is 42.8 Å². The number of amides is 1. The molecule has 6 heteroatoms. The molecule has 1 amide bonds. The monoisotopic (exact) mass is 331 g/mol. The number of ether oxygens (including phenoxy) is 2. The Kier molecular flexibility index (Phi) is 6.14. The summed E-state index contributed by atoms with van der Waals surface area (Å²) in [5.74, 6) is -1.22. The zero-order chi connectivity index (χ0) is 17.5. The molecule has 0 spiro atoms. The van der Waals surface area contributed by atoms with E-state index in [1.165, 1.54) is 0 Å². The summed E-state index contributed by atoms with van der Waals surface area (Å²) in [4.78, 5) is 24.0. The largest absolute Gasteiger partial charge is 0.493 e. The van der Waals surface area contributed by atoms with Gasteiger partial charge in [-0.2, -0.15) is 0 Å². The summed E-state index contributed by atoms with van der Waals surface area (Å²) in [5, 5.41) is 13.4. The van der Waals surface area contributed by atoms with Crippen LogP contribution in [0, 0.1) is 0 Å². The van der Waals surface area contributed by atoms with Gasteiger partial charge in [-0.1, -0.05) is 30.3 Å². The molecule has 0 radical (unpaired) electrons. The molecule has 0 unspecified atom stereocenters. The lowest BCUT2D eigenvalue weighted by atomic mass is 10.0. The maximum absolute atomic E-state index is 12.7. The van der Waals surface area contributed by atoms with E-state index in [1.54, 1.807) is 13.0 Å². The maximum Gasteiger partial charge on any atom is 0.328 e. The Morgan fingerprint density at radius 2 is 1.88 bits per heavy atom. The first-order valence-electron chi connectivity index (χ1n) is 7.84. The molecule has 0 saturated carbocycles. The molecule has 0 heterocycles. The molecule has 2 aromatic carbocycles. The highest BCUT2D eigenvalue weighted by Crippen LogP contribution is 2.28. The van der Waals surface area contributed by atoms with Gasteiger partial charge >= 0.3 is 5.97 Å². The minimum Gasteiger partial charge on any atom is -0.493 e. The first-order chi connectivity index (χ1) is 11.6. The van der Waals surface area contributed by atoms with Crippen LogP contribution in [0.4, 0.5) is 0 Å². The molecule has 2 aromatic rings. The van der Waals surface area contributed by atoms with E-state index >= 15 is 0 Å². The Morgan fingerprint density at radius 3 is 2.54 bits per heavy atom. The second-order valence-corrected chi connectivity index (χ2v) is 5.12. The molecule has 24 heavy (non-hydrogen) atoms. The molecule has 2 rings (SSSR count). The number of rotatable bonds is 8. The smallest absolute Gasteiger partial charge is 0.328 e. The van der Waals surface area contributed by atoms with Crippen LogP contribution in [-0.2, 0) is 9.53 Å². The van der Waals surface area contributed by atoms with Gasteiger partial charge < -0.3 is 19.9 Å². The van der Waals surface area contributed by atoms with Gasteiger partial charge in [-0.3, -0.25) is 4.79 Å². The summed E-state index contributed by atoms with van der Waals surface area (Å²) < 4.78 is 10.7. The highest BCUT2D eigenvalue weighted by molar-refractivity contribution is 6.10. The number of carboxylic acid groups (broad SMARTS) is 1. The molecular weight excluding hydrogens is 310 g/mol. The van der Waals surface area contributed by atoms with Crippen molar-refractivity contribution in [2.24, 2.45) is 0 Å². The lowest BCUT2D eigenvalue weighted by Crippen LogP contribution is -2.44. The van der Waals surface area contributed by atoms with Crippen LogP contribution >= 0.6 is 0 Å². The number of aliphatic carboxylic acids is 1. The van der Waals surface area contributed by atoms with Gasteiger partial charge in [0.15, 0.2) is 6.04 Å². The van der Waals surface area contributed by atoms with Gasteiger partial charge in [-0.05, 0) is 30.7 Å². The molecule has 1 atom stereocenters. The van der Waals surface area contributed by atoms with Gasteiger partial charge in [-0.15, -0.1) is 0 Å². The van der Waals surface area contributed by atoms with E-state index in [0.717, 1.165) is 5.39 Å². The number of carbonyl (C=O) groups is 2. The van der Waals surface area contributed by atoms with Crippen molar-refractivity contribution < 1.29 is 24.2 Å². The van der Waals surface area contributed by atoms with Crippen LogP contribution in [0.2, 0.25) is 0 Å². The Balaban J connectivity index is 2.39.